The zero-order chi connectivity index (χ0) is 17.3. The summed E-state index contributed by atoms with van der Waals surface area (Å²) in [5.74, 6) is -1.02. The summed E-state index contributed by atoms with van der Waals surface area (Å²) in [6, 6.07) is 15.1. The fourth-order valence-electron chi connectivity index (χ4n) is 2.55. The minimum Gasteiger partial charge on any atom is -0.478 e. The Morgan fingerprint density at radius 2 is 1.79 bits per heavy atom. The summed E-state index contributed by atoms with van der Waals surface area (Å²) in [6.07, 6.45) is 2.63. The number of rotatable bonds is 4. The number of hydrogen-bond acceptors (Lipinski definition) is 3. The third kappa shape index (κ3) is 2.83. The van der Waals surface area contributed by atoms with E-state index in [1.165, 1.54) is 10.2 Å². The van der Waals surface area contributed by atoms with Gasteiger partial charge in [0.15, 0.2) is 0 Å². The Bertz CT molecular complexity index is 1050. The molecule has 6 heteroatoms. The topological polar surface area (TPSA) is 76.4 Å². The van der Waals surface area contributed by atoms with Crippen LogP contribution in [0.3, 0.4) is 0 Å². The maximum absolute atomic E-state index is 12.7. The van der Waals surface area contributed by atoms with E-state index in [4.69, 9.17) is 5.11 Å². The molecule has 1 N–H and O–H groups in total. The van der Waals surface area contributed by atoms with Crippen molar-refractivity contribution < 1.29 is 18.3 Å². The molecule has 0 spiro atoms. The Morgan fingerprint density at radius 1 is 1.08 bits per heavy atom. The van der Waals surface area contributed by atoms with Gasteiger partial charge in [0.25, 0.3) is 10.0 Å². The molecule has 0 aliphatic carbocycles. The number of aliphatic carboxylic acids is 1. The molecule has 0 radical (unpaired) electrons. The van der Waals surface area contributed by atoms with Crippen LogP contribution < -0.4 is 0 Å². The van der Waals surface area contributed by atoms with Crippen molar-refractivity contribution >= 4 is 32.5 Å². The van der Waals surface area contributed by atoms with Crippen molar-refractivity contribution in [3.05, 3.63) is 72.4 Å². The highest BCUT2D eigenvalue weighted by Crippen LogP contribution is 2.25. The third-order valence-electron chi connectivity index (χ3n) is 3.75. The zero-order valence-corrected chi connectivity index (χ0v) is 13.7. The van der Waals surface area contributed by atoms with E-state index in [1.54, 1.807) is 61.5 Å². The average Bonchev–Trinajstić information content (AvgIpc) is 2.98. The van der Waals surface area contributed by atoms with Crippen molar-refractivity contribution in [2.24, 2.45) is 0 Å². The monoisotopic (exact) mass is 341 g/mol. The van der Waals surface area contributed by atoms with Crippen molar-refractivity contribution in [3.63, 3.8) is 0 Å². The number of carbonyl (C=O) groups is 1. The van der Waals surface area contributed by atoms with Crippen LogP contribution in [0.5, 0.6) is 0 Å². The molecule has 24 heavy (non-hydrogen) atoms. The van der Waals surface area contributed by atoms with Gasteiger partial charge in [-0.1, -0.05) is 24.3 Å². The molecule has 5 nitrogen and oxygen atoms in total. The van der Waals surface area contributed by atoms with Gasteiger partial charge in [-0.25, -0.2) is 17.2 Å². The first-order valence-corrected chi connectivity index (χ1v) is 8.67. The molecule has 1 heterocycles. The maximum Gasteiger partial charge on any atom is 0.328 e. The zero-order valence-electron chi connectivity index (χ0n) is 12.9. The summed E-state index contributed by atoms with van der Waals surface area (Å²) >= 11 is 0. The molecule has 0 amide bonds. The number of benzene rings is 2. The third-order valence-corrected chi connectivity index (χ3v) is 5.45. The normalized spacial score (nSPS) is 12.5. The molecule has 0 aliphatic heterocycles. The Labute approximate surface area is 139 Å². The number of carboxylic acid groups (broad SMARTS) is 1. The van der Waals surface area contributed by atoms with E-state index < -0.39 is 16.0 Å². The van der Waals surface area contributed by atoms with E-state index in [9.17, 15) is 13.2 Å². The SMILES string of the molecule is C/C(=C/C(=O)O)c1ccc2c(ccn2S(=O)(=O)c2ccccc2)c1. The molecular weight excluding hydrogens is 326 g/mol. The smallest absolute Gasteiger partial charge is 0.328 e. The summed E-state index contributed by atoms with van der Waals surface area (Å²) < 4.78 is 26.7. The van der Waals surface area contributed by atoms with Crippen LogP contribution in [0.15, 0.2) is 71.8 Å². The molecule has 3 aromatic rings. The van der Waals surface area contributed by atoms with Gasteiger partial charge in [0, 0.05) is 17.7 Å². The quantitative estimate of drug-likeness (QED) is 0.738. The molecule has 0 atom stereocenters. The van der Waals surface area contributed by atoms with Crippen LogP contribution in [0.25, 0.3) is 16.5 Å². The first-order chi connectivity index (χ1) is 11.4. The van der Waals surface area contributed by atoms with Crippen molar-refractivity contribution in [2.75, 3.05) is 0 Å². The number of carboxylic acids is 1. The van der Waals surface area contributed by atoms with Crippen LogP contribution in [0.4, 0.5) is 0 Å². The van der Waals surface area contributed by atoms with Crippen molar-refractivity contribution in [2.45, 2.75) is 11.8 Å². The molecule has 0 bridgehead atoms. The van der Waals surface area contributed by atoms with E-state index in [0.29, 0.717) is 11.1 Å². The lowest BCUT2D eigenvalue weighted by molar-refractivity contribution is -0.131. The summed E-state index contributed by atoms with van der Waals surface area (Å²) in [4.78, 5) is 11.0. The largest absolute Gasteiger partial charge is 0.478 e. The lowest BCUT2D eigenvalue weighted by Crippen LogP contribution is -2.11. The van der Waals surface area contributed by atoms with Gasteiger partial charge in [-0.15, -0.1) is 0 Å². The second-order valence-electron chi connectivity index (χ2n) is 5.37. The van der Waals surface area contributed by atoms with Crippen molar-refractivity contribution in [1.82, 2.24) is 3.97 Å². The number of allylic oxidation sites excluding steroid dienone is 1. The van der Waals surface area contributed by atoms with Gasteiger partial charge >= 0.3 is 5.97 Å². The highest BCUT2D eigenvalue weighted by molar-refractivity contribution is 7.90. The molecule has 3 rings (SSSR count). The summed E-state index contributed by atoms with van der Waals surface area (Å²) in [5.41, 5.74) is 1.88. The summed E-state index contributed by atoms with van der Waals surface area (Å²) in [5, 5.41) is 9.56. The fourth-order valence-corrected chi connectivity index (χ4v) is 3.92. The summed E-state index contributed by atoms with van der Waals surface area (Å²) in [6.45, 7) is 1.70. The molecule has 1 aromatic heterocycles. The predicted molar refractivity (Wildman–Crippen MR) is 92.3 cm³/mol. The van der Waals surface area contributed by atoms with Gasteiger partial charge in [0.05, 0.1) is 10.4 Å². The standard InChI is InChI=1S/C18H15NO4S/c1-13(11-18(20)21)14-7-8-17-15(12-14)9-10-19(17)24(22,23)16-5-3-2-4-6-16/h2-12H,1H3,(H,20,21)/b13-11-. The van der Waals surface area contributed by atoms with Gasteiger partial charge in [0.2, 0.25) is 0 Å². The molecule has 0 saturated carbocycles. The Kier molecular flexibility index (Phi) is 3.99. The second-order valence-corrected chi connectivity index (χ2v) is 7.18. The van der Waals surface area contributed by atoms with Gasteiger partial charge in [-0.05, 0) is 48.4 Å². The van der Waals surface area contributed by atoms with Crippen LogP contribution in [0.1, 0.15) is 12.5 Å². The van der Waals surface area contributed by atoms with Crippen LogP contribution in [0.2, 0.25) is 0 Å². The lowest BCUT2D eigenvalue weighted by atomic mass is 10.1. The minimum absolute atomic E-state index is 0.216. The van der Waals surface area contributed by atoms with Gasteiger partial charge < -0.3 is 5.11 Å². The first kappa shape index (κ1) is 16.0. The molecule has 0 fully saturated rings. The fraction of sp³-hybridized carbons (Fsp3) is 0.0556. The Balaban J connectivity index is 2.12. The van der Waals surface area contributed by atoms with Gasteiger partial charge in [-0.3, -0.25) is 0 Å². The number of hydrogen-bond donors (Lipinski definition) is 1. The van der Waals surface area contributed by atoms with E-state index in [0.717, 1.165) is 17.0 Å². The molecule has 2 aromatic carbocycles. The van der Waals surface area contributed by atoms with Crippen LogP contribution in [-0.4, -0.2) is 23.5 Å². The molecule has 0 unspecified atom stereocenters. The van der Waals surface area contributed by atoms with Crippen LogP contribution >= 0.6 is 0 Å². The van der Waals surface area contributed by atoms with E-state index >= 15 is 0 Å². The second kappa shape index (κ2) is 5.98. The maximum atomic E-state index is 12.7. The van der Waals surface area contributed by atoms with Crippen LogP contribution in [-0.2, 0) is 14.8 Å². The van der Waals surface area contributed by atoms with E-state index in [-0.39, 0.29) is 4.90 Å². The molecule has 0 aliphatic rings. The number of nitrogens with zero attached hydrogens (tertiary/aromatic N) is 1. The number of fused-ring (bicyclic) bond motifs is 1. The van der Waals surface area contributed by atoms with E-state index in [2.05, 4.69) is 0 Å². The van der Waals surface area contributed by atoms with E-state index in [1.807, 2.05) is 0 Å². The molecule has 0 saturated heterocycles. The first-order valence-electron chi connectivity index (χ1n) is 7.23. The van der Waals surface area contributed by atoms with Crippen molar-refractivity contribution in [3.8, 4) is 0 Å². The van der Waals surface area contributed by atoms with Crippen LogP contribution in [0, 0.1) is 0 Å². The van der Waals surface area contributed by atoms with Crippen molar-refractivity contribution in [1.29, 1.82) is 0 Å². The average molecular weight is 341 g/mol. The predicted octanol–water partition coefficient (Wildman–Crippen LogP) is 3.37. The minimum atomic E-state index is -3.67. The lowest BCUT2D eigenvalue weighted by Gasteiger charge is -2.08. The van der Waals surface area contributed by atoms with Gasteiger partial charge in [0.1, 0.15) is 0 Å². The highest BCUT2D eigenvalue weighted by Gasteiger charge is 2.18. The molecule has 122 valence electrons. The molecular formula is C18H15NO4S. The Morgan fingerprint density at radius 3 is 2.46 bits per heavy atom. The summed E-state index contributed by atoms with van der Waals surface area (Å²) in [7, 11) is -3.67. The highest BCUT2D eigenvalue weighted by atomic mass is 32.2. The van der Waals surface area contributed by atoms with Gasteiger partial charge in [-0.2, -0.15) is 0 Å². The Hall–Kier alpha value is -2.86. The number of aromatic nitrogens is 1.